The zero-order valence-corrected chi connectivity index (χ0v) is 11.5. The smallest absolute Gasteiger partial charge is 0.270 e. The highest BCUT2D eigenvalue weighted by Crippen LogP contribution is 2.21. The van der Waals surface area contributed by atoms with Crippen molar-refractivity contribution < 1.29 is 9.53 Å². The van der Waals surface area contributed by atoms with Crippen LogP contribution in [0.1, 0.15) is 36.7 Å². The average Bonchev–Trinajstić information content (AvgIpc) is 2.87. The number of nitrogens with zero attached hydrogens (tertiary/aromatic N) is 1. The highest BCUT2D eigenvalue weighted by atomic mass is 16.5. The van der Waals surface area contributed by atoms with E-state index in [0.717, 1.165) is 31.6 Å². The second-order valence-electron chi connectivity index (χ2n) is 4.78. The van der Waals surface area contributed by atoms with E-state index in [9.17, 15) is 4.79 Å². The van der Waals surface area contributed by atoms with Crippen LogP contribution in [0, 0.1) is 0 Å². The van der Waals surface area contributed by atoms with Crippen molar-refractivity contribution in [2.24, 2.45) is 0 Å². The summed E-state index contributed by atoms with van der Waals surface area (Å²) in [4.78, 5) is 16.4. The van der Waals surface area contributed by atoms with E-state index in [2.05, 4.69) is 15.6 Å². The maximum atomic E-state index is 12.1. The van der Waals surface area contributed by atoms with Gasteiger partial charge in [-0.05, 0) is 38.3 Å². The van der Waals surface area contributed by atoms with Crippen molar-refractivity contribution in [3.63, 3.8) is 0 Å². The molecule has 1 aliphatic rings. The Labute approximate surface area is 113 Å². The van der Waals surface area contributed by atoms with Crippen LogP contribution in [-0.4, -0.2) is 36.7 Å². The molecule has 1 aromatic heterocycles. The average molecular weight is 263 g/mol. The Morgan fingerprint density at radius 1 is 1.47 bits per heavy atom. The minimum absolute atomic E-state index is 0.110. The number of carbonyl (C=O) groups is 1. The monoisotopic (exact) mass is 263 g/mol. The SMILES string of the molecule is CCNc1cccc(C(=O)NC2CCC(OC)C2)n1. The van der Waals surface area contributed by atoms with E-state index in [0.29, 0.717) is 5.69 Å². The van der Waals surface area contributed by atoms with Gasteiger partial charge in [-0.1, -0.05) is 6.07 Å². The van der Waals surface area contributed by atoms with E-state index in [-0.39, 0.29) is 18.1 Å². The van der Waals surface area contributed by atoms with Crippen LogP contribution in [0.25, 0.3) is 0 Å². The molecule has 0 aromatic carbocycles. The molecule has 1 aromatic rings. The molecule has 1 amide bonds. The Kier molecular flexibility index (Phi) is 4.74. The van der Waals surface area contributed by atoms with Crippen LogP contribution in [0.2, 0.25) is 0 Å². The molecule has 5 nitrogen and oxygen atoms in total. The summed E-state index contributed by atoms with van der Waals surface area (Å²) in [6.45, 7) is 2.79. The van der Waals surface area contributed by atoms with Crippen molar-refractivity contribution >= 4 is 11.7 Å². The van der Waals surface area contributed by atoms with Gasteiger partial charge in [0.15, 0.2) is 0 Å². The van der Waals surface area contributed by atoms with Gasteiger partial charge in [-0.2, -0.15) is 0 Å². The fourth-order valence-electron chi connectivity index (χ4n) is 2.39. The van der Waals surface area contributed by atoms with Crippen LogP contribution < -0.4 is 10.6 Å². The molecular weight excluding hydrogens is 242 g/mol. The molecule has 0 bridgehead atoms. The number of ether oxygens (including phenoxy) is 1. The molecule has 1 aliphatic carbocycles. The lowest BCUT2D eigenvalue weighted by Gasteiger charge is -2.13. The molecular formula is C14H21N3O2. The Bertz CT molecular complexity index is 436. The van der Waals surface area contributed by atoms with Gasteiger partial charge < -0.3 is 15.4 Å². The van der Waals surface area contributed by atoms with Crippen LogP contribution in [0.4, 0.5) is 5.82 Å². The lowest BCUT2D eigenvalue weighted by atomic mass is 10.2. The number of rotatable bonds is 5. The van der Waals surface area contributed by atoms with Crippen molar-refractivity contribution in [2.45, 2.75) is 38.3 Å². The quantitative estimate of drug-likeness (QED) is 0.850. The number of carbonyl (C=O) groups excluding carboxylic acids is 1. The minimum Gasteiger partial charge on any atom is -0.381 e. The highest BCUT2D eigenvalue weighted by molar-refractivity contribution is 5.92. The molecule has 1 saturated carbocycles. The maximum Gasteiger partial charge on any atom is 0.270 e. The summed E-state index contributed by atoms with van der Waals surface area (Å²) in [5.41, 5.74) is 0.458. The Balaban J connectivity index is 1.94. The van der Waals surface area contributed by atoms with Gasteiger partial charge in [-0.25, -0.2) is 4.98 Å². The lowest BCUT2D eigenvalue weighted by Crippen LogP contribution is -2.34. The first-order chi connectivity index (χ1) is 9.22. The van der Waals surface area contributed by atoms with Gasteiger partial charge in [-0.15, -0.1) is 0 Å². The van der Waals surface area contributed by atoms with Crippen LogP contribution in [0.5, 0.6) is 0 Å². The summed E-state index contributed by atoms with van der Waals surface area (Å²) in [6.07, 6.45) is 3.13. The van der Waals surface area contributed by atoms with Crippen LogP contribution in [0.15, 0.2) is 18.2 Å². The second kappa shape index (κ2) is 6.52. The van der Waals surface area contributed by atoms with Gasteiger partial charge in [0.1, 0.15) is 11.5 Å². The molecule has 0 spiro atoms. The van der Waals surface area contributed by atoms with Gasteiger partial charge in [-0.3, -0.25) is 4.79 Å². The molecule has 1 heterocycles. The molecule has 104 valence electrons. The fraction of sp³-hybridized carbons (Fsp3) is 0.571. The number of anilines is 1. The first kappa shape index (κ1) is 13.8. The van der Waals surface area contributed by atoms with Crippen LogP contribution in [0.3, 0.4) is 0 Å². The molecule has 19 heavy (non-hydrogen) atoms. The first-order valence-electron chi connectivity index (χ1n) is 6.77. The van der Waals surface area contributed by atoms with Crippen molar-refractivity contribution in [3.8, 4) is 0 Å². The van der Waals surface area contributed by atoms with Gasteiger partial charge in [0, 0.05) is 19.7 Å². The molecule has 2 N–H and O–H groups in total. The molecule has 0 radical (unpaired) electrons. The summed E-state index contributed by atoms with van der Waals surface area (Å²) in [5, 5.41) is 6.12. The predicted molar refractivity (Wildman–Crippen MR) is 74.3 cm³/mol. The summed E-state index contributed by atoms with van der Waals surface area (Å²) in [5.74, 6) is 0.623. The minimum atomic E-state index is -0.110. The Morgan fingerprint density at radius 2 is 2.32 bits per heavy atom. The number of hydrogen-bond donors (Lipinski definition) is 2. The zero-order valence-electron chi connectivity index (χ0n) is 11.5. The van der Waals surface area contributed by atoms with E-state index >= 15 is 0 Å². The Morgan fingerprint density at radius 3 is 3.00 bits per heavy atom. The van der Waals surface area contributed by atoms with E-state index in [1.165, 1.54) is 0 Å². The summed E-state index contributed by atoms with van der Waals surface area (Å²) in [7, 11) is 1.72. The number of nitrogens with one attached hydrogen (secondary N) is 2. The van der Waals surface area contributed by atoms with E-state index in [4.69, 9.17) is 4.74 Å². The lowest BCUT2D eigenvalue weighted by molar-refractivity contribution is 0.0910. The van der Waals surface area contributed by atoms with Crippen molar-refractivity contribution in [2.75, 3.05) is 19.0 Å². The molecule has 5 heteroatoms. The summed E-state index contributed by atoms with van der Waals surface area (Å²) < 4.78 is 5.30. The van der Waals surface area contributed by atoms with Crippen molar-refractivity contribution in [3.05, 3.63) is 23.9 Å². The van der Waals surface area contributed by atoms with E-state index < -0.39 is 0 Å². The number of pyridine rings is 1. The van der Waals surface area contributed by atoms with Crippen LogP contribution in [-0.2, 0) is 4.74 Å². The first-order valence-corrected chi connectivity index (χ1v) is 6.77. The standard InChI is InChI=1S/C14H21N3O2/c1-3-15-13-6-4-5-12(17-13)14(18)16-10-7-8-11(9-10)19-2/h4-6,10-11H,3,7-9H2,1-2H3,(H,15,17)(H,16,18). The third-order valence-electron chi connectivity index (χ3n) is 3.39. The fourth-order valence-corrected chi connectivity index (χ4v) is 2.39. The largest absolute Gasteiger partial charge is 0.381 e. The van der Waals surface area contributed by atoms with Gasteiger partial charge in [0.25, 0.3) is 5.91 Å². The number of methoxy groups -OCH3 is 1. The third kappa shape index (κ3) is 3.67. The van der Waals surface area contributed by atoms with Gasteiger partial charge in [0.05, 0.1) is 6.10 Å². The predicted octanol–water partition coefficient (Wildman–Crippen LogP) is 1.81. The molecule has 0 aliphatic heterocycles. The third-order valence-corrected chi connectivity index (χ3v) is 3.39. The molecule has 0 saturated heterocycles. The highest BCUT2D eigenvalue weighted by Gasteiger charge is 2.26. The number of hydrogen-bond acceptors (Lipinski definition) is 4. The van der Waals surface area contributed by atoms with Crippen molar-refractivity contribution in [1.82, 2.24) is 10.3 Å². The molecule has 2 rings (SSSR count). The van der Waals surface area contributed by atoms with Gasteiger partial charge >= 0.3 is 0 Å². The van der Waals surface area contributed by atoms with E-state index in [1.54, 1.807) is 13.2 Å². The molecule has 2 atom stereocenters. The van der Waals surface area contributed by atoms with Gasteiger partial charge in [0.2, 0.25) is 0 Å². The second-order valence-corrected chi connectivity index (χ2v) is 4.78. The molecule has 2 unspecified atom stereocenters. The normalized spacial score (nSPS) is 22.2. The summed E-state index contributed by atoms with van der Waals surface area (Å²) in [6, 6.07) is 5.63. The van der Waals surface area contributed by atoms with Crippen LogP contribution >= 0.6 is 0 Å². The molecule has 1 fully saturated rings. The number of aromatic nitrogens is 1. The Hall–Kier alpha value is -1.62. The van der Waals surface area contributed by atoms with Crippen molar-refractivity contribution in [1.29, 1.82) is 0 Å². The number of amides is 1. The topological polar surface area (TPSA) is 63.2 Å². The van der Waals surface area contributed by atoms with E-state index in [1.807, 2.05) is 19.1 Å². The zero-order chi connectivity index (χ0) is 13.7. The summed E-state index contributed by atoms with van der Waals surface area (Å²) >= 11 is 0. The maximum absolute atomic E-state index is 12.1.